The van der Waals surface area contributed by atoms with Crippen LogP contribution in [0.25, 0.3) is 0 Å². The van der Waals surface area contributed by atoms with Crippen LogP contribution in [0.1, 0.15) is 5.56 Å². The molecule has 0 aliphatic carbocycles. The fraction of sp³-hybridized carbons (Fsp3) is 0.500. The standard InChI is InChI=1S/C14H23N3O3/c1-15-14(16-7-8-18-2)17-10-11-5-6-12(19-3)13(9-11)20-4/h5-6,9H,7-8,10H2,1-4H3,(H2,15,16,17). The average Bonchev–Trinajstić information content (AvgIpc) is 2.50. The molecular weight excluding hydrogens is 258 g/mol. The fourth-order valence-electron chi connectivity index (χ4n) is 1.67. The number of hydrogen-bond donors (Lipinski definition) is 2. The van der Waals surface area contributed by atoms with Gasteiger partial charge in [-0.2, -0.15) is 0 Å². The predicted octanol–water partition coefficient (Wildman–Crippen LogP) is 1.02. The van der Waals surface area contributed by atoms with Gasteiger partial charge in [-0.1, -0.05) is 6.07 Å². The number of nitrogens with one attached hydrogen (secondary N) is 2. The van der Waals surface area contributed by atoms with E-state index < -0.39 is 0 Å². The Labute approximate surface area is 120 Å². The Bertz CT molecular complexity index is 436. The summed E-state index contributed by atoms with van der Waals surface area (Å²) in [4.78, 5) is 4.13. The van der Waals surface area contributed by atoms with E-state index in [9.17, 15) is 0 Å². The molecule has 2 N–H and O–H groups in total. The van der Waals surface area contributed by atoms with Gasteiger partial charge in [-0.3, -0.25) is 4.99 Å². The highest BCUT2D eigenvalue weighted by molar-refractivity contribution is 5.79. The van der Waals surface area contributed by atoms with E-state index in [1.54, 1.807) is 28.4 Å². The second-order valence-corrected chi connectivity index (χ2v) is 4.03. The van der Waals surface area contributed by atoms with E-state index in [4.69, 9.17) is 14.2 Å². The van der Waals surface area contributed by atoms with E-state index in [-0.39, 0.29) is 0 Å². The molecule has 0 spiro atoms. The summed E-state index contributed by atoms with van der Waals surface area (Å²) < 4.78 is 15.5. The first-order valence-electron chi connectivity index (χ1n) is 6.39. The Kier molecular flexibility index (Phi) is 7.27. The molecule has 0 aromatic heterocycles. The summed E-state index contributed by atoms with van der Waals surface area (Å²) in [6.45, 7) is 1.99. The second-order valence-electron chi connectivity index (χ2n) is 4.03. The highest BCUT2D eigenvalue weighted by Gasteiger charge is 2.05. The summed E-state index contributed by atoms with van der Waals surface area (Å²) >= 11 is 0. The zero-order valence-electron chi connectivity index (χ0n) is 12.5. The van der Waals surface area contributed by atoms with Gasteiger partial charge < -0.3 is 24.8 Å². The smallest absolute Gasteiger partial charge is 0.191 e. The van der Waals surface area contributed by atoms with Crippen LogP contribution in [0, 0.1) is 0 Å². The quantitative estimate of drug-likeness (QED) is 0.444. The molecule has 0 bridgehead atoms. The number of nitrogens with zero attached hydrogens (tertiary/aromatic N) is 1. The zero-order chi connectivity index (χ0) is 14.8. The Hall–Kier alpha value is -1.95. The van der Waals surface area contributed by atoms with Crippen LogP contribution in [-0.4, -0.2) is 47.5 Å². The molecule has 0 fully saturated rings. The molecule has 0 radical (unpaired) electrons. The van der Waals surface area contributed by atoms with Gasteiger partial charge in [0.2, 0.25) is 0 Å². The molecule has 0 amide bonds. The number of aliphatic imine (C=N–C) groups is 1. The molecule has 0 heterocycles. The zero-order valence-corrected chi connectivity index (χ0v) is 12.5. The van der Waals surface area contributed by atoms with Crippen LogP contribution in [0.2, 0.25) is 0 Å². The number of guanidine groups is 1. The van der Waals surface area contributed by atoms with Crippen LogP contribution in [0.5, 0.6) is 11.5 Å². The number of hydrogen-bond acceptors (Lipinski definition) is 4. The van der Waals surface area contributed by atoms with Crippen molar-refractivity contribution in [2.75, 3.05) is 41.5 Å². The molecule has 112 valence electrons. The van der Waals surface area contributed by atoms with Gasteiger partial charge in [0.25, 0.3) is 0 Å². The van der Waals surface area contributed by atoms with Gasteiger partial charge in [0.1, 0.15) is 0 Å². The third-order valence-electron chi connectivity index (χ3n) is 2.73. The molecule has 1 rings (SSSR count). The first kappa shape index (κ1) is 16.1. The van der Waals surface area contributed by atoms with E-state index in [1.807, 2.05) is 18.2 Å². The van der Waals surface area contributed by atoms with Crippen molar-refractivity contribution in [1.82, 2.24) is 10.6 Å². The summed E-state index contributed by atoms with van der Waals surface area (Å²) in [5.74, 6) is 2.17. The molecule has 6 nitrogen and oxygen atoms in total. The molecular formula is C14H23N3O3. The minimum atomic E-state index is 0.636. The molecule has 20 heavy (non-hydrogen) atoms. The predicted molar refractivity (Wildman–Crippen MR) is 79.6 cm³/mol. The van der Waals surface area contributed by atoms with Crippen LogP contribution in [0.15, 0.2) is 23.2 Å². The van der Waals surface area contributed by atoms with E-state index in [0.717, 1.165) is 17.3 Å². The minimum Gasteiger partial charge on any atom is -0.493 e. The normalized spacial score (nSPS) is 11.1. The van der Waals surface area contributed by atoms with Crippen molar-refractivity contribution in [2.45, 2.75) is 6.54 Å². The third-order valence-corrected chi connectivity index (χ3v) is 2.73. The lowest BCUT2D eigenvalue weighted by atomic mass is 10.2. The first-order valence-corrected chi connectivity index (χ1v) is 6.39. The maximum absolute atomic E-state index is 5.27. The lowest BCUT2D eigenvalue weighted by Gasteiger charge is -2.13. The maximum atomic E-state index is 5.27. The molecule has 0 atom stereocenters. The van der Waals surface area contributed by atoms with Gasteiger partial charge in [0.15, 0.2) is 17.5 Å². The van der Waals surface area contributed by atoms with Crippen molar-refractivity contribution in [3.63, 3.8) is 0 Å². The summed E-state index contributed by atoms with van der Waals surface area (Å²) in [6.07, 6.45) is 0. The molecule has 6 heteroatoms. The van der Waals surface area contributed by atoms with Crippen LogP contribution in [0.4, 0.5) is 0 Å². The van der Waals surface area contributed by atoms with Gasteiger partial charge in [0.05, 0.1) is 20.8 Å². The average molecular weight is 281 g/mol. The van der Waals surface area contributed by atoms with Crippen LogP contribution in [0.3, 0.4) is 0 Å². The number of methoxy groups -OCH3 is 3. The van der Waals surface area contributed by atoms with Crippen molar-refractivity contribution >= 4 is 5.96 Å². The first-order chi connectivity index (χ1) is 9.74. The highest BCUT2D eigenvalue weighted by Crippen LogP contribution is 2.27. The largest absolute Gasteiger partial charge is 0.493 e. The lowest BCUT2D eigenvalue weighted by Crippen LogP contribution is -2.38. The molecule has 1 aromatic rings. The van der Waals surface area contributed by atoms with E-state index in [1.165, 1.54) is 0 Å². The molecule has 0 unspecified atom stereocenters. The van der Waals surface area contributed by atoms with Crippen molar-refractivity contribution in [2.24, 2.45) is 4.99 Å². The van der Waals surface area contributed by atoms with Gasteiger partial charge >= 0.3 is 0 Å². The monoisotopic (exact) mass is 281 g/mol. The number of benzene rings is 1. The topological polar surface area (TPSA) is 64.1 Å². The lowest BCUT2D eigenvalue weighted by molar-refractivity contribution is 0.203. The molecule has 0 saturated carbocycles. The van der Waals surface area contributed by atoms with Gasteiger partial charge in [-0.15, -0.1) is 0 Å². The second kappa shape index (κ2) is 9.03. The van der Waals surface area contributed by atoms with E-state index in [2.05, 4.69) is 15.6 Å². The van der Waals surface area contributed by atoms with Gasteiger partial charge in [0, 0.05) is 27.2 Å². The summed E-state index contributed by atoms with van der Waals surface area (Å²) in [7, 11) is 6.65. The molecule has 0 saturated heterocycles. The Morgan fingerprint density at radius 1 is 1.10 bits per heavy atom. The van der Waals surface area contributed by atoms with Crippen LogP contribution < -0.4 is 20.1 Å². The van der Waals surface area contributed by atoms with Gasteiger partial charge in [-0.25, -0.2) is 0 Å². The Balaban J connectivity index is 2.55. The Morgan fingerprint density at radius 3 is 2.45 bits per heavy atom. The van der Waals surface area contributed by atoms with Crippen molar-refractivity contribution in [3.05, 3.63) is 23.8 Å². The van der Waals surface area contributed by atoms with Crippen LogP contribution >= 0.6 is 0 Å². The molecule has 0 aliphatic rings. The third kappa shape index (κ3) is 4.97. The maximum Gasteiger partial charge on any atom is 0.191 e. The Morgan fingerprint density at radius 2 is 1.85 bits per heavy atom. The SMILES string of the molecule is CN=C(NCCOC)NCc1ccc(OC)c(OC)c1. The van der Waals surface area contributed by atoms with Crippen molar-refractivity contribution in [1.29, 1.82) is 0 Å². The summed E-state index contributed by atoms with van der Waals surface area (Å²) in [5, 5.41) is 6.37. The summed E-state index contributed by atoms with van der Waals surface area (Å²) in [5.41, 5.74) is 1.08. The van der Waals surface area contributed by atoms with E-state index >= 15 is 0 Å². The highest BCUT2D eigenvalue weighted by atomic mass is 16.5. The summed E-state index contributed by atoms with van der Waals surface area (Å²) in [6, 6.07) is 5.81. The minimum absolute atomic E-state index is 0.636. The van der Waals surface area contributed by atoms with E-state index in [0.29, 0.717) is 25.4 Å². The van der Waals surface area contributed by atoms with Crippen molar-refractivity contribution < 1.29 is 14.2 Å². The number of rotatable bonds is 7. The van der Waals surface area contributed by atoms with Gasteiger partial charge in [-0.05, 0) is 17.7 Å². The molecule has 1 aromatic carbocycles. The molecule has 0 aliphatic heterocycles. The van der Waals surface area contributed by atoms with Crippen molar-refractivity contribution in [3.8, 4) is 11.5 Å². The van der Waals surface area contributed by atoms with Crippen LogP contribution in [-0.2, 0) is 11.3 Å². The number of ether oxygens (including phenoxy) is 3. The fourth-order valence-corrected chi connectivity index (χ4v) is 1.67.